The molecule has 3 nitrogen and oxygen atoms in total. The van der Waals surface area contributed by atoms with Gasteiger partial charge in [-0.25, -0.2) is 0 Å². The van der Waals surface area contributed by atoms with E-state index in [9.17, 15) is 0 Å². The van der Waals surface area contributed by atoms with Crippen molar-refractivity contribution >= 4 is 11.3 Å². The predicted octanol–water partition coefficient (Wildman–Crippen LogP) is 3.86. The van der Waals surface area contributed by atoms with Crippen LogP contribution in [0.4, 0.5) is 0 Å². The summed E-state index contributed by atoms with van der Waals surface area (Å²) in [5, 5.41) is 7.92. The zero-order valence-corrected chi connectivity index (χ0v) is 13.5. The molecule has 0 aliphatic carbocycles. The van der Waals surface area contributed by atoms with Gasteiger partial charge in [0.1, 0.15) is 12.4 Å². The van der Waals surface area contributed by atoms with Gasteiger partial charge in [-0.2, -0.15) is 11.3 Å². The van der Waals surface area contributed by atoms with Crippen molar-refractivity contribution in [1.82, 2.24) is 5.32 Å². The first-order valence-corrected chi connectivity index (χ1v) is 8.27. The fourth-order valence-electron chi connectivity index (χ4n) is 2.22. The predicted molar refractivity (Wildman–Crippen MR) is 88.3 cm³/mol. The number of hydrogen-bond acceptors (Lipinski definition) is 4. The van der Waals surface area contributed by atoms with E-state index < -0.39 is 0 Å². The van der Waals surface area contributed by atoms with E-state index in [0.717, 1.165) is 18.7 Å². The van der Waals surface area contributed by atoms with E-state index in [-0.39, 0.29) is 6.04 Å². The van der Waals surface area contributed by atoms with Gasteiger partial charge < -0.3 is 14.8 Å². The lowest BCUT2D eigenvalue weighted by molar-refractivity contribution is 0.145. The summed E-state index contributed by atoms with van der Waals surface area (Å²) < 4.78 is 10.9. The third-order valence-corrected chi connectivity index (χ3v) is 3.95. The Bertz CT molecular complexity index is 513. The van der Waals surface area contributed by atoms with Gasteiger partial charge in [-0.05, 0) is 41.4 Å². The van der Waals surface area contributed by atoms with E-state index in [0.29, 0.717) is 13.2 Å². The normalized spacial score (nSPS) is 12.3. The molecule has 1 N–H and O–H groups in total. The van der Waals surface area contributed by atoms with Crippen LogP contribution in [-0.4, -0.2) is 26.9 Å². The van der Waals surface area contributed by atoms with Crippen LogP contribution in [0.1, 0.15) is 30.5 Å². The molecule has 4 heteroatoms. The van der Waals surface area contributed by atoms with Gasteiger partial charge >= 0.3 is 0 Å². The van der Waals surface area contributed by atoms with Gasteiger partial charge in [0.05, 0.1) is 12.6 Å². The topological polar surface area (TPSA) is 30.5 Å². The van der Waals surface area contributed by atoms with E-state index >= 15 is 0 Å². The van der Waals surface area contributed by atoms with Crippen LogP contribution < -0.4 is 10.1 Å². The van der Waals surface area contributed by atoms with E-state index in [1.165, 1.54) is 11.1 Å². The smallest absolute Gasteiger partial charge is 0.124 e. The Morgan fingerprint density at radius 3 is 2.76 bits per heavy atom. The number of nitrogens with one attached hydrogen (secondary N) is 1. The van der Waals surface area contributed by atoms with Gasteiger partial charge in [-0.1, -0.05) is 25.1 Å². The summed E-state index contributed by atoms with van der Waals surface area (Å²) in [7, 11) is 1.69. The van der Waals surface area contributed by atoms with Crippen molar-refractivity contribution in [3.05, 3.63) is 52.2 Å². The lowest BCUT2D eigenvalue weighted by Crippen LogP contribution is -2.23. The first-order valence-electron chi connectivity index (χ1n) is 7.33. The molecule has 2 aromatic rings. The molecule has 2 rings (SSSR count). The van der Waals surface area contributed by atoms with Gasteiger partial charge in [-0.15, -0.1) is 0 Å². The van der Waals surface area contributed by atoms with Gasteiger partial charge in [0.2, 0.25) is 0 Å². The first-order chi connectivity index (χ1) is 10.4. The Hall–Kier alpha value is -1.36. The number of benzene rings is 1. The quantitative estimate of drug-likeness (QED) is 0.714. The molecule has 0 bridgehead atoms. The molecule has 0 aliphatic rings. The van der Waals surface area contributed by atoms with Crippen molar-refractivity contribution in [3.63, 3.8) is 0 Å². The summed E-state index contributed by atoms with van der Waals surface area (Å²) in [4.78, 5) is 0. The molecule has 1 heterocycles. The lowest BCUT2D eigenvalue weighted by atomic mass is 10.00. The molecule has 0 spiro atoms. The number of thiophene rings is 1. The molecule has 0 amide bonds. The van der Waals surface area contributed by atoms with Crippen molar-refractivity contribution in [2.45, 2.75) is 19.4 Å². The van der Waals surface area contributed by atoms with Crippen molar-refractivity contribution in [3.8, 4) is 5.75 Å². The fraction of sp³-hybridized carbons (Fsp3) is 0.412. The highest BCUT2D eigenvalue weighted by molar-refractivity contribution is 7.08. The first kappa shape index (κ1) is 16.0. The minimum atomic E-state index is 0.176. The van der Waals surface area contributed by atoms with Crippen LogP contribution >= 0.6 is 11.3 Å². The third kappa shape index (κ3) is 4.56. The summed E-state index contributed by atoms with van der Waals surface area (Å²) in [5.41, 5.74) is 2.47. The maximum atomic E-state index is 5.87. The summed E-state index contributed by atoms with van der Waals surface area (Å²) in [6.07, 6.45) is 1.10. The van der Waals surface area contributed by atoms with E-state index in [1.807, 2.05) is 12.1 Å². The molecular formula is C17H23NO2S. The zero-order chi connectivity index (χ0) is 14.9. The van der Waals surface area contributed by atoms with E-state index in [4.69, 9.17) is 9.47 Å². The Morgan fingerprint density at radius 2 is 2.05 bits per heavy atom. The van der Waals surface area contributed by atoms with Crippen LogP contribution in [0.15, 0.2) is 41.1 Å². The summed E-state index contributed by atoms with van der Waals surface area (Å²) in [5.74, 6) is 0.925. The average molecular weight is 305 g/mol. The van der Waals surface area contributed by atoms with E-state index in [2.05, 4.69) is 41.2 Å². The van der Waals surface area contributed by atoms with Gasteiger partial charge in [-0.3, -0.25) is 0 Å². The highest BCUT2D eigenvalue weighted by Crippen LogP contribution is 2.31. The van der Waals surface area contributed by atoms with Gasteiger partial charge in [0, 0.05) is 12.7 Å². The molecule has 0 fully saturated rings. The molecule has 0 saturated heterocycles. The SMILES string of the molecule is CCCNC(c1ccsc1)c1ccccc1OCCOC. The minimum Gasteiger partial charge on any atom is -0.491 e. The lowest BCUT2D eigenvalue weighted by Gasteiger charge is -2.21. The van der Waals surface area contributed by atoms with E-state index in [1.54, 1.807) is 18.4 Å². The number of ether oxygens (including phenoxy) is 2. The molecule has 1 aromatic heterocycles. The highest BCUT2D eigenvalue weighted by atomic mass is 32.1. The summed E-state index contributed by atoms with van der Waals surface area (Å²) in [6.45, 7) is 4.32. The Balaban J connectivity index is 2.22. The summed E-state index contributed by atoms with van der Waals surface area (Å²) >= 11 is 1.72. The number of rotatable bonds is 9. The standard InChI is InChI=1S/C17H23NO2S/c1-3-9-18-17(14-8-12-21-13-14)15-6-4-5-7-16(15)20-11-10-19-2/h4-8,12-13,17-18H,3,9-11H2,1-2H3. The van der Waals surface area contributed by atoms with Crippen LogP contribution in [0.5, 0.6) is 5.75 Å². The molecule has 1 aromatic carbocycles. The number of para-hydroxylation sites is 1. The van der Waals surface area contributed by atoms with Crippen LogP contribution in [0, 0.1) is 0 Å². The minimum absolute atomic E-state index is 0.176. The van der Waals surface area contributed by atoms with Crippen molar-refractivity contribution in [2.24, 2.45) is 0 Å². The summed E-state index contributed by atoms with van der Waals surface area (Å²) in [6, 6.07) is 10.6. The molecule has 0 aliphatic heterocycles. The van der Waals surface area contributed by atoms with Crippen LogP contribution in [0.2, 0.25) is 0 Å². The molecule has 0 radical (unpaired) electrons. The Labute approximate surface area is 130 Å². The average Bonchev–Trinajstić information content (AvgIpc) is 3.03. The number of methoxy groups -OCH3 is 1. The van der Waals surface area contributed by atoms with Crippen molar-refractivity contribution in [1.29, 1.82) is 0 Å². The van der Waals surface area contributed by atoms with Gasteiger partial charge in [0.15, 0.2) is 0 Å². The maximum Gasteiger partial charge on any atom is 0.124 e. The Kier molecular flexibility index (Phi) is 6.73. The molecule has 21 heavy (non-hydrogen) atoms. The van der Waals surface area contributed by atoms with Gasteiger partial charge in [0.25, 0.3) is 0 Å². The zero-order valence-electron chi connectivity index (χ0n) is 12.7. The van der Waals surface area contributed by atoms with Crippen molar-refractivity contribution in [2.75, 3.05) is 26.9 Å². The molecular weight excluding hydrogens is 282 g/mol. The molecule has 1 unspecified atom stereocenters. The maximum absolute atomic E-state index is 5.87. The third-order valence-electron chi connectivity index (χ3n) is 3.25. The Morgan fingerprint density at radius 1 is 1.19 bits per heavy atom. The second kappa shape index (κ2) is 8.82. The van der Waals surface area contributed by atoms with Crippen LogP contribution in [0.25, 0.3) is 0 Å². The van der Waals surface area contributed by atoms with Crippen molar-refractivity contribution < 1.29 is 9.47 Å². The number of hydrogen-bond donors (Lipinski definition) is 1. The molecule has 0 saturated carbocycles. The molecule has 1 atom stereocenters. The molecule has 114 valence electrons. The second-order valence-corrected chi connectivity index (χ2v) is 5.60. The fourth-order valence-corrected chi connectivity index (χ4v) is 2.91. The highest BCUT2D eigenvalue weighted by Gasteiger charge is 2.17. The van der Waals surface area contributed by atoms with Crippen LogP contribution in [-0.2, 0) is 4.74 Å². The monoisotopic (exact) mass is 305 g/mol. The second-order valence-electron chi connectivity index (χ2n) is 4.82. The van der Waals surface area contributed by atoms with Crippen LogP contribution in [0.3, 0.4) is 0 Å². The largest absolute Gasteiger partial charge is 0.491 e.